The van der Waals surface area contributed by atoms with Crippen molar-refractivity contribution in [3.05, 3.63) is 88.5 Å². The van der Waals surface area contributed by atoms with Crippen molar-refractivity contribution in [2.45, 2.75) is 83.8 Å². The van der Waals surface area contributed by atoms with E-state index in [-0.39, 0.29) is 35.4 Å². The Morgan fingerprint density at radius 2 is 1.64 bits per heavy atom. The molecule has 1 amide bonds. The van der Waals surface area contributed by atoms with Gasteiger partial charge in [0, 0.05) is 24.7 Å². The highest BCUT2D eigenvalue weighted by molar-refractivity contribution is 6.74. The van der Waals surface area contributed by atoms with E-state index in [9.17, 15) is 15.0 Å². The average molecular weight is 637 g/mol. The molecule has 0 aromatic heterocycles. The lowest BCUT2D eigenvalue weighted by Crippen LogP contribution is -2.44. The molecular formula is C36H52N2O6Si. The molecule has 0 aliphatic heterocycles. The Kier molecular flexibility index (Phi) is 13.0. The van der Waals surface area contributed by atoms with Gasteiger partial charge in [-0.15, -0.1) is 0 Å². The first-order valence-electron chi connectivity index (χ1n) is 15.7. The van der Waals surface area contributed by atoms with Crippen molar-refractivity contribution in [2.75, 3.05) is 27.3 Å². The van der Waals surface area contributed by atoms with E-state index in [1.165, 1.54) is 0 Å². The zero-order valence-electron chi connectivity index (χ0n) is 28.2. The summed E-state index contributed by atoms with van der Waals surface area (Å²) >= 11 is 0. The van der Waals surface area contributed by atoms with Crippen molar-refractivity contribution in [1.82, 2.24) is 10.6 Å². The van der Waals surface area contributed by atoms with Crippen molar-refractivity contribution in [1.29, 1.82) is 0 Å². The lowest BCUT2D eigenvalue weighted by Gasteiger charge is -2.40. The summed E-state index contributed by atoms with van der Waals surface area (Å²) in [6, 6.07) is 19.5. The van der Waals surface area contributed by atoms with E-state index in [2.05, 4.69) is 63.6 Å². The number of amides is 1. The Bertz CT molecular complexity index is 1400. The van der Waals surface area contributed by atoms with E-state index in [1.54, 1.807) is 20.3 Å². The van der Waals surface area contributed by atoms with Gasteiger partial charge in [-0.05, 0) is 84.4 Å². The van der Waals surface area contributed by atoms with E-state index in [4.69, 9.17) is 13.9 Å². The third-order valence-electron chi connectivity index (χ3n) is 8.62. The molecule has 3 rings (SSSR count). The molecule has 8 nitrogen and oxygen atoms in total. The van der Waals surface area contributed by atoms with Crippen LogP contribution >= 0.6 is 0 Å². The number of benzene rings is 3. The molecular weight excluding hydrogens is 584 g/mol. The smallest absolute Gasteiger partial charge is 0.224 e. The second kappa shape index (κ2) is 16.3. The zero-order valence-corrected chi connectivity index (χ0v) is 29.2. The zero-order chi connectivity index (χ0) is 33.2. The fraction of sp³-hybridized carbons (Fsp3) is 0.472. The number of carbonyl (C=O) groups is 1. The van der Waals surface area contributed by atoms with Gasteiger partial charge in [-0.3, -0.25) is 4.79 Å². The molecule has 4 N–H and O–H groups in total. The lowest BCUT2D eigenvalue weighted by atomic mass is 10.0. The standard InChI is InChI=1S/C36H52N2O6Si/c1-25(38-23-34(44-45(7,8)36(2,3)4)29-13-14-31(40)30(22-29)24-39)18-27-10-9-11-28(19-27)21-35(41)37-17-16-26-12-15-32(42-5)33(20-26)43-6/h9-15,19-20,22,25,34,38-40H,16-18,21,23-24H2,1-8H3,(H,37,41)/t25-,34-/m1/s1. The molecule has 45 heavy (non-hydrogen) atoms. The van der Waals surface area contributed by atoms with Crippen LogP contribution in [-0.2, 0) is 35.1 Å². The Hall–Kier alpha value is -3.37. The number of rotatable bonds is 16. The van der Waals surface area contributed by atoms with E-state index in [1.807, 2.05) is 42.5 Å². The second-order valence-electron chi connectivity index (χ2n) is 13.2. The maximum atomic E-state index is 12.7. The predicted molar refractivity (Wildman–Crippen MR) is 183 cm³/mol. The third kappa shape index (κ3) is 10.6. The maximum Gasteiger partial charge on any atom is 0.224 e. The van der Waals surface area contributed by atoms with Crippen LogP contribution in [0.15, 0.2) is 60.7 Å². The highest BCUT2D eigenvalue weighted by Crippen LogP contribution is 2.40. The number of aliphatic hydroxyl groups is 1. The van der Waals surface area contributed by atoms with Gasteiger partial charge in [0.15, 0.2) is 19.8 Å². The summed E-state index contributed by atoms with van der Waals surface area (Å²) < 4.78 is 17.5. The molecule has 0 aliphatic rings. The van der Waals surface area contributed by atoms with Gasteiger partial charge in [-0.2, -0.15) is 0 Å². The summed E-state index contributed by atoms with van der Waals surface area (Å²) in [5.41, 5.74) is 4.61. The first-order valence-corrected chi connectivity index (χ1v) is 18.6. The monoisotopic (exact) mass is 636 g/mol. The molecule has 3 aromatic carbocycles. The van der Waals surface area contributed by atoms with Crippen molar-refractivity contribution < 1.29 is 28.9 Å². The minimum absolute atomic E-state index is 0.0134. The van der Waals surface area contributed by atoms with Crippen LogP contribution in [0.25, 0.3) is 0 Å². The topological polar surface area (TPSA) is 109 Å². The van der Waals surface area contributed by atoms with Crippen LogP contribution in [0.1, 0.15) is 61.6 Å². The Labute approximate surface area is 270 Å². The van der Waals surface area contributed by atoms with Crippen LogP contribution in [0.2, 0.25) is 18.1 Å². The van der Waals surface area contributed by atoms with Crippen LogP contribution in [0, 0.1) is 0 Å². The number of hydrogen-bond acceptors (Lipinski definition) is 7. The molecule has 0 bridgehead atoms. The molecule has 0 fully saturated rings. The van der Waals surface area contributed by atoms with Gasteiger partial charge in [0.2, 0.25) is 5.91 Å². The van der Waals surface area contributed by atoms with Crippen LogP contribution in [0.4, 0.5) is 0 Å². The van der Waals surface area contributed by atoms with Crippen molar-refractivity contribution in [3.8, 4) is 17.2 Å². The first kappa shape index (κ1) is 36.1. The highest BCUT2D eigenvalue weighted by Gasteiger charge is 2.39. The quantitative estimate of drug-likeness (QED) is 0.141. The fourth-order valence-corrected chi connectivity index (χ4v) is 6.21. The number of nitrogens with one attached hydrogen (secondary N) is 2. The first-order chi connectivity index (χ1) is 21.3. The summed E-state index contributed by atoms with van der Waals surface area (Å²) in [6.07, 6.45) is 1.58. The van der Waals surface area contributed by atoms with Gasteiger partial charge in [-0.1, -0.05) is 57.2 Å². The Balaban J connectivity index is 1.58. The molecule has 0 heterocycles. The van der Waals surface area contributed by atoms with Crippen LogP contribution < -0.4 is 20.1 Å². The van der Waals surface area contributed by atoms with Crippen LogP contribution in [-0.4, -0.2) is 57.8 Å². The predicted octanol–water partition coefficient (Wildman–Crippen LogP) is 6.09. The summed E-state index contributed by atoms with van der Waals surface area (Å²) in [5.74, 6) is 1.43. The molecule has 0 saturated carbocycles. The largest absolute Gasteiger partial charge is 0.508 e. The molecule has 2 atom stereocenters. The SMILES string of the molecule is COc1ccc(CCNC(=O)Cc2cccc(C[C@@H](C)NC[C@@H](O[Si](C)(C)C(C)(C)C)c3ccc(O)c(CO)c3)c2)cc1OC. The summed E-state index contributed by atoms with van der Waals surface area (Å²) in [4.78, 5) is 12.7. The molecule has 0 radical (unpaired) electrons. The number of carbonyl (C=O) groups excluding carboxylic acids is 1. The Morgan fingerprint density at radius 1 is 0.933 bits per heavy atom. The van der Waals surface area contributed by atoms with Crippen molar-refractivity contribution >= 4 is 14.2 Å². The number of phenols is 1. The number of hydrogen-bond donors (Lipinski definition) is 4. The van der Waals surface area contributed by atoms with Crippen LogP contribution in [0.5, 0.6) is 17.2 Å². The molecule has 246 valence electrons. The molecule has 0 spiro atoms. The third-order valence-corrected chi connectivity index (χ3v) is 13.1. The van der Waals surface area contributed by atoms with E-state index in [0.717, 1.165) is 28.7 Å². The molecule has 3 aromatic rings. The maximum absolute atomic E-state index is 12.7. The molecule has 9 heteroatoms. The van der Waals surface area contributed by atoms with E-state index < -0.39 is 8.32 Å². The second-order valence-corrected chi connectivity index (χ2v) is 18.0. The van der Waals surface area contributed by atoms with Crippen LogP contribution in [0.3, 0.4) is 0 Å². The lowest BCUT2D eigenvalue weighted by molar-refractivity contribution is -0.120. The minimum Gasteiger partial charge on any atom is -0.508 e. The van der Waals surface area contributed by atoms with Gasteiger partial charge in [0.05, 0.1) is 33.4 Å². The number of ether oxygens (including phenoxy) is 2. The van der Waals surface area contributed by atoms with Crippen molar-refractivity contribution in [2.24, 2.45) is 0 Å². The number of methoxy groups -OCH3 is 2. The van der Waals surface area contributed by atoms with Gasteiger partial charge >= 0.3 is 0 Å². The molecule has 0 aliphatic carbocycles. The summed E-state index contributed by atoms with van der Waals surface area (Å²) in [6.45, 7) is 14.1. The van der Waals surface area contributed by atoms with Gasteiger partial charge in [-0.25, -0.2) is 0 Å². The van der Waals surface area contributed by atoms with Crippen molar-refractivity contribution in [3.63, 3.8) is 0 Å². The number of aliphatic hydroxyl groups excluding tert-OH is 1. The Morgan fingerprint density at radius 3 is 2.31 bits per heavy atom. The number of aromatic hydroxyl groups is 1. The fourth-order valence-electron chi connectivity index (χ4n) is 4.92. The highest BCUT2D eigenvalue weighted by atomic mass is 28.4. The van der Waals surface area contributed by atoms with Gasteiger partial charge in [0.1, 0.15) is 5.75 Å². The molecule has 0 saturated heterocycles. The van der Waals surface area contributed by atoms with E-state index in [0.29, 0.717) is 43.0 Å². The minimum atomic E-state index is -2.11. The summed E-state index contributed by atoms with van der Waals surface area (Å²) in [7, 11) is 1.11. The van der Waals surface area contributed by atoms with E-state index >= 15 is 0 Å². The average Bonchev–Trinajstić information content (AvgIpc) is 2.99. The molecule has 0 unspecified atom stereocenters. The normalized spacial score (nSPS) is 13.3. The van der Waals surface area contributed by atoms with Gasteiger partial charge < -0.3 is 34.7 Å². The van der Waals surface area contributed by atoms with Gasteiger partial charge in [0.25, 0.3) is 0 Å². The summed E-state index contributed by atoms with van der Waals surface area (Å²) in [5, 5.41) is 26.6.